The van der Waals surface area contributed by atoms with Crippen LogP contribution in [0.4, 0.5) is 0 Å². The molecule has 2 N–H and O–H groups in total. The molecule has 1 amide bonds. The molecule has 2 atom stereocenters. The Balaban J connectivity index is 4.35. The van der Waals surface area contributed by atoms with E-state index in [9.17, 15) is 9.90 Å². The Morgan fingerprint density at radius 1 is 1.23 bits per heavy atom. The Bertz CT molecular complexity index is 324. The van der Waals surface area contributed by atoms with E-state index < -0.39 is 14.4 Å². The predicted molar refractivity (Wildman–Crippen MR) is 95.5 cm³/mol. The van der Waals surface area contributed by atoms with Crippen LogP contribution in [0.2, 0.25) is 18.1 Å². The van der Waals surface area contributed by atoms with Crippen molar-refractivity contribution in [3.63, 3.8) is 0 Å². The van der Waals surface area contributed by atoms with Gasteiger partial charge in [-0.1, -0.05) is 47.0 Å². The number of unbranched alkanes of at least 4 members (excludes halogenated alkanes) is 3. The summed E-state index contributed by atoms with van der Waals surface area (Å²) in [5.41, 5.74) is 0. The van der Waals surface area contributed by atoms with Gasteiger partial charge in [0.25, 0.3) is 0 Å². The molecule has 0 bridgehead atoms. The lowest BCUT2D eigenvalue weighted by Crippen LogP contribution is -2.50. The standard InChI is InChI=1S/C17H37NO3Si/c1-8-9-10-11-12-16(20)18-15(14(2)19)13-21-22(6,7)17(3,4)5/h14-15,19H,8-13H2,1-7H3,(H,18,20). The van der Waals surface area contributed by atoms with E-state index in [1.807, 2.05) is 0 Å². The van der Waals surface area contributed by atoms with Crippen LogP contribution in [-0.4, -0.2) is 38.1 Å². The smallest absolute Gasteiger partial charge is 0.220 e. The molecule has 2 unspecified atom stereocenters. The summed E-state index contributed by atoms with van der Waals surface area (Å²) in [6.07, 6.45) is 4.26. The van der Waals surface area contributed by atoms with Crippen LogP contribution in [0, 0.1) is 0 Å². The lowest BCUT2D eigenvalue weighted by molar-refractivity contribution is -0.123. The lowest BCUT2D eigenvalue weighted by atomic mass is 10.1. The largest absolute Gasteiger partial charge is 0.415 e. The molecule has 4 nitrogen and oxygen atoms in total. The predicted octanol–water partition coefficient (Wildman–Crippen LogP) is 3.84. The third-order valence-corrected chi connectivity index (χ3v) is 9.12. The van der Waals surface area contributed by atoms with Gasteiger partial charge in [0, 0.05) is 6.42 Å². The van der Waals surface area contributed by atoms with Gasteiger partial charge >= 0.3 is 0 Å². The van der Waals surface area contributed by atoms with E-state index in [0.29, 0.717) is 13.0 Å². The number of carbonyl (C=O) groups excluding carboxylic acids is 1. The molecular weight excluding hydrogens is 294 g/mol. The van der Waals surface area contributed by atoms with E-state index in [0.717, 1.165) is 19.3 Å². The highest BCUT2D eigenvalue weighted by molar-refractivity contribution is 6.74. The second-order valence-electron chi connectivity index (χ2n) is 7.80. The third kappa shape index (κ3) is 8.29. The zero-order valence-electron chi connectivity index (χ0n) is 15.7. The van der Waals surface area contributed by atoms with Crippen molar-refractivity contribution < 1.29 is 14.3 Å². The summed E-state index contributed by atoms with van der Waals surface area (Å²) in [7, 11) is -1.86. The van der Waals surface area contributed by atoms with Crippen LogP contribution in [0.25, 0.3) is 0 Å². The van der Waals surface area contributed by atoms with Crippen LogP contribution in [-0.2, 0) is 9.22 Å². The van der Waals surface area contributed by atoms with Gasteiger partial charge in [-0.25, -0.2) is 0 Å². The van der Waals surface area contributed by atoms with Gasteiger partial charge in [-0.3, -0.25) is 4.79 Å². The minimum Gasteiger partial charge on any atom is -0.415 e. The quantitative estimate of drug-likeness (QED) is 0.472. The number of nitrogens with one attached hydrogen (secondary N) is 1. The number of carbonyl (C=O) groups is 1. The highest BCUT2D eigenvalue weighted by Gasteiger charge is 2.38. The van der Waals surface area contributed by atoms with Gasteiger partial charge in [-0.15, -0.1) is 0 Å². The van der Waals surface area contributed by atoms with Gasteiger partial charge in [0.05, 0.1) is 18.8 Å². The van der Waals surface area contributed by atoms with Crippen molar-refractivity contribution in [3.05, 3.63) is 0 Å². The maximum atomic E-state index is 12.0. The van der Waals surface area contributed by atoms with E-state index >= 15 is 0 Å². The van der Waals surface area contributed by atoms with E-state index in [1.165, 1.54) is 6.42 Å². The normalized spacial score (nSPS) is 15.5. The fourth-order valence-corrected chi connectivity index (χ4v) is 2.84. The Kier molecular flexibility index (Phi) is 9.51. The van der Waals surface area contributed by atoms with Gasteiger partial charge in [-0.05, 0) is 31.5 Å². The molecule has 0 aliphatic rings. The Morgan fingerprint density at radius 3 is 2.27 bits per heavy atom. The fraction of sp³-hybridized carbons (Fsp3) is 0.941. The number of aliphatic hydroxyl groups is 1. The van der Waals surface area contributed by atoms with Crippen molar-refractivity contribution in [3.8, 4) is 0 Å². The van der Waals surface area contributed by atoms with E-state index in [-0.39, 0.29) is 17.0 Å². The van der Waals surface area contributed by atoms with Gasteiger partial charge < -0.3 is 14.8 Å². The first-order valence-corrected chi connectivity index (χ1v) is 11.5. The second-order valence-corrected chi connectivity index (χ2v) is 12.6. The summed E-state index contributed by atoms with van der Waals surface area (Å²) in [5, 5.41) is 12.9. The number of hydrogen-bond donors (Lipinski definition) is 2. The summed E-state index contributed by atoms with van der Waals surface area (Å²) < 4.78 is 6.13. The maximum absolute atomic E-state index is 12.0. The highest BCUT2D eigenvalue weighted by Crippen LogP contribution is 2.36. The minimum absolute atomic E-state index is 0.0147. The van der Waals surface area contributed by atoms with E-state index in [1.54, 1.807) is 6.92 Å². The molecule has 0 aromatic rings. The molecule has 0 aromatic carbocycles. The van der Waals surface area contributed by atoms with E-state index in [2.05, 4.69) is 46.1 Å². The second kappa shape index (κ2) is 9.68. The maximum Gasteiger partial charge on any atom is 0.220 e. The lowest BCUT2D eigenvalue weighted by Gasteiger charge is -2.37. The monoisotopic (exact) mass is 331 g/mol. The van der Waals surface area contributed by atoms with Gasteiger partial charge in [0.2, 0.25) is 5.91 Å². The van der Waals surface area contributed by atoms with Gasteiger partial charge in [-0.2, -0.15) is 0 Å². The molecule has 132 valence electrons. The van der Waals surface area contributed by atoms with Crippen molar-refractivity contribution in [1.29, 1.82) is 0 Å². The topological polar surface area (TPSA) is 58.6 Å². The van der Waals surface area contributed by atoms with Crippen molar-refractivity contribution in [1.82, 2.24) is 5.32 Å². The Hall–Kier alpha value is -0.393. The molecule has 0 aliphatic heterocycles. The summed E-state index contributed by atoms with van der Waals surface area (Å²) in [5.74, 6) is 0.0147. The number of amides is 1. The fourth-order valence-electron chi connectivity index (χ4n) is 1.81. The highest BCUT2D eigenvalue weighted by atomic mass is 28.4. The number of rotatable bonds is 10. The van der Waals surface area contributed by atoms with Crippen LogP contribution in [0.5, 0.6) is 0 Å². The molecule has 0 aromatic heterocycles. The molecule has 5 heteroatoms. The van der Waals surface area contributed by atoms with Gasteiger partial charge in [0.15, 0.2) is 8.32 Å². The Morgan fingerprint density at radius 2 is 1.82 bits per heavy atom. The molecule has 0 fully saturated rings. The molecule has 0 spiro atoms. The first-order valence-electron chi connectivity index (χ1n) is 8.62. The molecular formula is C17H37NO3Si. The number of hydrogen-bond acceptors (Lipinski definition) is 3. The van der Waals surface area contributed by atoms with Gasteiger partial charge in [0.1, 0.15) is 0 Å². The first-order chi connectivity index (χ1) is 10.0. The average molecular weight is 332 g/mol. The van der Waals surface area contributed by atoms with Crippen molar-refractivity contribution in [2.24, 2.45) is 0 Å². The van der Waals surface area contributed by atoms with Crippen LogP contribution in [0.15, 0.2) is 0 Å². The average Bonchev–Trinajstić information content (AvgIpc) is 2.38. The summed E-state index contributed by atoms with van der Waals surface area (Å²) in [6.45, 7) is 15.2. The third-order valence-electron chi connectivity index (χ3n) is 4.62. The molecule has 0 aliphatic carbocycles. The van der Waals surface area contributed by atoms with Crippen molar-refractivity contribution in [2.75, 3.05) is 6.61 Å². The Labute approximate surface area is 138 Å². The number of aliphatic hydroxyl groups excluding tert-OH is 1. The zero-order valence-corrected chi connectivity index (χ0v) is 16.7. The van der Waals surface area contributed by atoms with Crippen LogP contribution < -0.4 is 5.32 Å². The summed E-state index contributed by atoms with van der Waals surface area (Å²) in [4.78, 5) is 12.0. The SMILES string of the molecule is CCCCCCC(=O)NC(CO[Si](C)(C)C(C)(C)C)C(C)O. The van der Waals surface area contributed by atoms with Crippen molar-refractivity contribution >= 4 is 14.2 Å². The minimum atomic E-state index is -1.86. The summed E-state index contributed by atoms with van der Waals surface area (Å²) >= 11 is 0. The first kappa shape index (κ1) is 21.6. The zero-order chi connectivity index (χ0) is 17.4. The molecule has 0 rings (SSSR count). The van der Waals surface area contributed by atoms with Crippen LogP contribution in [0.3, 0.4) is 0 Å². The van der Waals surface area contributed by atoms with Crippen LogP contribution in [0.1, 0.15) is 66.7 Å². The molecule has 0 heterocycles. The van der Waals surface area contributed by atoms with Crippen LogP contribution >= 0.6 is 0 Å². The van der Waals surface area contributed by atoms with Crippen molar-refractivity contribution in [2.45, 2.75) is 97.0 Å². The molecule has 22 heavy (non-hydrogen) atoms. The molecule has 0 radical (unpaired) electrons. The molecule has 0 saturated carbocycles. The molecule has 0 saturated heterocycles. The van der Waals surface area contributed by atoms with E-state index in [4.69, 9.17) is 4.43 Å². The summed E-state index contributed by atoms with van der Waals surface area (Å²) in [6, 6.07) is -0.326.